The Kier molecular flexibility index (Phi) is 16.4. The summed E-state index contributed by atoms with van der Waals surface area (Å²) in [6, 6.07) is 8.69. The van der Waals surface area contributed by atoms with Crippen molar-refractivity contribution in [1.29, 1.82) is 0 Å². The topological polar surface area (TPSA) is 170 Å². The number of piperidine rings is 1. The molecule has 6 rings (SSSR count). The summed E-state index contributed by atoms with van der Waals surface area (Å²) in [6.45, 7) is 7.69. The molecule has 3 saturated heterocycles. The van der Waals surface area contributed by atoms with Crippen LogP contribution in [-0.2, 0) is 49.4 Å². The van der Waals surface area contributed by atoms with Crippen LogP contribution in [0.1, 0.15) is 55.6 Å². The molecule has 5 aliphatic rings. The fraction of sp³-hybridized carbons (Fsp3) is 0.800. The van der Waals surface area contributed by atoms with E-state index in [2.05, 4.69) is 39.3 Å². The molecule has 3 heterocycles. The van der Waals surface area contributed by atoms with Gasteiger partial charge >= 0.3 is 6.09 Å². The number of carbonyl (C=O) groups is 2. The van der Waals surface area contributed by atoms with Crippen LogP contribution in [0.4, 0.5) is 4.79 Å². The van der Waals surface area contributed by atoms with Gasteiger partial charge in [0.25, 0.3) is 5.09 Å². The molecule has 2 amide bonds. The highest BCUT2D eigenvalue weighted by atomic mass is 16.9. The molecular weight excluding hydrogens is 728 g/mol. The Labute approximate surface area is 330 Å². The van der Waals surface area contributed by atoms with E-state index in [0.717, 1.165) is 76.3 Å². The van der Waals surface area contributed by atoms with Gasteiger partial charge in [-0.15, -0.1) is 10.1 Å². The molecule has 0 spiro atoms. The molecule has 2 saturated carbocycles. The Balaban J connectivity index is 1.16. The molecule has 2 aliphatic carbocycles. The number of amides is 2. The molecular formula is C40H62N4O12. The smallest absolute Gasteiger partial charge is 0.409 e. The van der Waals surface area contributed by atoms with E-state index in [1.165, 1.54) is 0 Å². The zero-order valence-electron chi connectivity index (χ0n) is 33.1. The van der Waals surface area contributed by atoms with Crippen LogP contribution < -0.4 is 5.32 Å². The van der Waals surface area contributed by atoms with Gasteiger partial charge in [0.1, 0.15) is 0 Å². The standard InChI is InChI=1S/C40H62N4O12/c1-49-13-3-11-42-12-16-53-36-10-7-29(19-35(36)42)25-55-37-23-43(40(46)54-14-4-15-56-44(47)48)22-31(21-41-38(45)20-32-33-26-52-27-34(32)33)39(37)30-8-5-28(6-9-30)24-51-18-17-50-2/h5-6,8-9,29,31-37,39H,3-4,7,10-27H2,1-2H3,(H,41,45). The minimum Gasteiger partial charge on any atom is -0.449 e. The molecule has 3 aliphatic heterocycles. The van der Waals surface area contributed by atoms with E-state index in [-0.39, 0.29) is 49.6 Å². The minimum absolute atomic E-state index is 0.0104. The lowest BCUT2D eigenvalue weighted by atomic mass is 9.78. The average molecular weight is 791 g/mol. The molecule has 16 nitrogen and oxygen atoms in total. The second kappa shape index (κ2) is 21.6. The zero-order chi connectivity index (χ0) is 39.3. The maximum absolute atomic E-state index is 13.6. The number of benzene rings is 1. The van der Waals surface area contributed by atoms with Crippen LogP contribution in [0.5, 0.6) is 0 Å². The van der Waals surface area contributed by atoms with Gasteiger partial charge in [-0.05, 0) is 60.5 Å². The van der Waals surface area contributed by atoms with Crippen LogP contribution in [0.3, 0.4) is 0 Å². The van der Waals surface area contributed by atoms with Crippen LogP contribution in [0.25, 0.3) is 0 Å². The van der Waals surface area contributed by atoms with Crippen LogP contribution >= 0.6 is 0 Å². The lowest BCUT2D eigenvalue weighted by Crippen LogP contribution is -2.55. The first-order valence-electron chi connectivity index (χ1n) is 20.5. The molecule has 56 heavy (non-hydrogen) atoms. The van der Waals surface area contributed by atoms with Crippen molar-refractivity contribution in [3.63, 3.8) is 0 Å². The van der Waals surface area contributed by atoms with E-state index in [9.17, 15) is 19.7 Å². The number of methoxy groups -OCH3 is 2. The maximum Gasteiger partial charge on any atom is 0.409 e. The van der Waals surface area contributed by atoms with Gasteiger partial charge in [-0.2, -0.15) is 0 Å². The Morgan fingerprint density at radius 2 is 1.79 bits per heavy atom. The highest BCUT2D eigenvalue weighted by Crippen LogP contribution is 2.52. The maximum atomic E-state index is 13.6. The summed E-state index contributed by atoms with van der Waals surface area (Å²) in [5, 5.41) is 12.9. The summed E-state index contributed by atoms with van der Waals surface area (Å²) < 4.78 is 40.5. The molecule has 16 heteroatoms. The van der Waals surface area contributed by atoms with Crippen molar-refractivity contribution in [2.45, 2.75) is 69.3 Å². The lowest BCUT2D eigenvalue weighted by Gasteiger charge is -2.47. The van der Waals surface area contributed by atoms with Gasteiger partial charge in [0.2, 0.25) is 5.91 Å². The molecule has 5 fully saturated rings. The number of fused-ring (bicyclic) bond motifs is 2. The minimum atomic E-state index is -0.857. The third kappa shape index (κ3) is 12.0. The van der Waals surface area contributed by atoms with E-state index in [0.29, 0.717) is 82.2 Å². The van der Waals surface area contributed by atoms with Crippen molar-refractivity contribution in [1.82, 2.24) is 15.1 Å². The fourth-order valence-electron chi connectivity index (χ4n) is 9.27. The first-order valence-corrected chi connectivity index (χ1v) is 20.5. The number of nitrogens with one attached hydrogen (secondary N) is 1. The van der Waals surface area contributed by atoms with Gasteiger partial charge in [-0.25, -0.2) is 4.79 Å². The normalized spacial score (nSPS) is 30.0. The van der Waals surface area contributed by atoms with Crippen molar-refractivity contribution in [3.8, 4) is 0 Å². The third-order valence-electron chi connectivity index (χ3n) is 12.3. The summed E-state index contributed by atoms with van der Waals surface area (Å²) in [5.74, 6) is 1.36. The van der Waals surface area contributed by atoms with Crippen LogP contribution in [-0.4, -0.2) is 152 Å². The van der Waals surface area contributed by atoms with E-state index in [4.69, 9.17) is 33.2 Å². The molecule has 1 aromatic rings. The predicted octanol–water partition coefficient (Wildman–Crippen LogP) is 3.29. The summed E-state index contributed by atoms with van der Waals surface area (Å²) >= 11 is 0. The number of hydrogen-bond acceptors (Lipinski definition) is 13. The van der Waals surface area contributed by atoms with Crippen molar-refractivity contribution in [2.24, 2.45) is 29.6 Å². The number of nitrogens with zero attached hydrogens (tertiary/aromatic N) is 3. The highest BCUT2D eigenvalue weighted by molar-refractivity contribution is 5.76. The summed E-state index contributed by atoms with van der Waals surface area (Å²) in [5.41, 5.74) is 2.11. The van der Waals surface area contributed by atoms with Crippen LogP contribution in [0, 0.1) is 39.7 Å². The molecule has 0 bridgehead atoms. The van der Waals surface area contributed by atoms with Gasteiger partial charge in [0.15, 0.2) is 0 Å². The van der Waals surface area contributed by atoms with Crippen LogP contribution in [0.2, 0.25) is 0 Å². The van der Waals surface area contributed by atoms with E-state index >= 15 is 0 Å². The third-order valence-corrected chi connectivity index (χ3v) is 12.3. The lowest BCUT2D eigenvalue weighted by molar-refractivity contribution is -0.757. The van der Waals surface area contributed by atoms with E-state index in [1.807, 2.05) is 0 Å². The number of carbonyl (C=O) groups excluding carboxylic acids is 2. The second-order valence-corrected chi connectivity index (χ2v) is 15.9. The summed E-state index contributed by atoms with van der Waals surface area (Å²) in [4.78, 5) is 46.1. The summed E-state index contributed by atoms with van der Waals surface area (Å²) in [7, 11) is 3.39. The molecule has 314 valence electrons. The van der Waals surface area contributed by atoms with Crippen molar-refractivity contribution >= 4 is 12.0 Å². The molecule has 1 N–H and O–H groups in total. The highest BCUT2D eigenvalue weighted by Gasteiger charge is 2.54. The van der Waals surface area contributed by atoms with Gasteiger partial charge in [-0.1, -0.05) is 24.3 Å². The Hall–Kier alpha value is -3.12. The monoisotopic (exact) mass is 790 g/mol. The van der Waals surface area contributed by atoms with E-state index < -0.39 is 11.2 Å². The van der Waals surface area contributed by atoms with Gasteiger partial charge < -0.3 is 48.2 Å². The SMILES string of the molecule is COCCCN1CCOC2CCC(COC3CN(C(=O)OCCCO[N+](=O)[O-])CC(CNC(=O)CC4C5COCC54)C3c3ccc(COCCOC)cc3)CC21. The molecule has 1 aromatic carbocycles. The number of rotatable bonds is 22. The number of morpholine rings is 1. The van der Waals surface area contributed by atoms with Gasteiger partial charge in [0, 0.05) is 84.3 Å². The quantitative estimate of drug-likeness (QED) is 0.103. The molecule has 8 unspecified atom stereocenters. The van der Waals surface area contributed by atoms with E-state index in [1.54, 1.807) is 19.1 Å². The zero-order valence-corrected chi connectivity index (χ0v) is 33.1. The molecule has 0 aromatic heterocycles. The van der Waals surface area contributed by atoms with Gasteiger partial charge in [-0.3, -0.25) is 9.69 Å². The van der Waals surface area contributed by atoms with Crippen molar-refractivity contribution < 1.29 is 52.7 Å². The van der Waals surface area contributed by atoms with Gasteiger partial charge in [0.05, 0.1) is 71.6 Å². The molecule has 8 atom stereocenters. The second-order valence-electron chi connectivity index (χ2n) is 15.9. The fourth-order valence-corrected chi connectivity index (χ4v) is 9.27. The number of likely N-dealkylation sites (tertiary alicyclic amines) is 1. The largest absolute Gasteiger partial charge is 0.449 e. The van der Waals surface area contributed by atoms with Crippen molar-refractivity contribution in [3.05, 3.63) is 45.5 Å². The molecule has 0 radical (unpaired) electrons. The Morgan fingerprint density at radius 3 is 2.55 bits per heavy atom. The predicted molar refractivity (Wildman–Crippen MR) is 202 cm³/mol. The first-order chi connectivity index (χ1) is 27.3. The summed E-state index contributed by atoms with van der Waals surface area (Å²) in [6.07, 6.45) is 3.91. The average Bonchev–Trinajstić information content (AvgIpc) is 3.59. The van der Waals surface area contributed by atoms with Crippen LogP contribution in [0.15, 0.2) is 24.3 Å². The Bertz CT molecular complexity index is 1380. The van der Waals surface area contributed by atoms with Crippen molar-refractivity contribution in [2.75, 3.05) is 106 Å². The Morgan fingerprint density at radius 1 is 0.982 bits per heavy atom. The first kappa shape index (κ1) is 42.5. The number of ether oxygens (including phenoxy) is 7. The number of hydrogen-bond donors (Lipinski definition) is 1.